The maximum atomic E-state index is 6.03. The van der Waals surface area contributed by atoms with Crippen LogP contribution in [0.2, 0.25) is 0 Å². The van der Waals surface area contributed by atoms with E-state index in [1.807, 2.05) is 0 Å². The topological polar surface area (TPSA) is 55.9 Å². The van der Waals surface area contributed by atoms with Gasteiger partial charge in [-0.2, -0.15) is 0 Å². The summed E-state index contributed by atoms with van der Waals surface area (Å²) < 4.78 is 4.72. The van der Waals surface area contributed by atoms with Gasteiger partial charge in [0.15, 0.2) is 0 Å². The van der Waals surface area contributed by atoms with Crippen molar-refractivity contribution in [3.05, 3.63) is 20.1 Å². The summed E-state index contributed by atoms with van der Waals surface area (Å²) in [6.45, 7) is 3.19. The van der Waals surface area contributed by atoms with Gasteiger partial charge in [0.2, 0.25) is 5.95 Å². The fourth-order valence-electron chi connectivity index (χ4n) is 3.94. The molecular weight excluding hydrogens is 420 g/mol. The van der Waals surface area contributed by atoms with Gasteiger partial charge in [0, 0.05) is 27.6 Å². The lowest BCUT2D eigenvalue weighted by molar-refractivity contribution is 0.408. The van der Waals surface area contributed by atoms with Gasteiger partial charge < -0.3 is 15.6 Å². The second-order valence-corrected chi connectivity index (χ2v) is 8.46. The zero-order valence-corrected chi connectivity index (χ0v) is 16.5. The maximum absolute atomic E-state index is 6.03. The van der Waals surface area contributed by atoms with E-state index in [0.29, 0.717) is 12.1 Å². The number of nitrogens with zero attached hydrogens (tertiary/aromatic N) is 2. The molecule has 0 spiro atoms. The van der Waals surface area contributed by atoms with Gasteiger partial charge in [-0.15, -0.1) is 0 Å². The molecule has 1 fully saturated rings. The Kier molecular flexibility index (Phi) is 4.18. The highest BCUT2D eigenvalue weighted by Gasteiger charge is 2.26. The third-order valence-corrected chi connectivity index (χ3v) is 7.71. The smallest absolute Gasteiger partial charge is 0.204 e. The third-order valence-electron chi connectivity index (χ3n) is 5.31. The minimum atomic E-state index is 0.381. The van der Waals surface area contributed by atoms with Crippen LogP contribution in [-0.2, 0) is 13.0 Å². The van der Waals surface area contributed by atoms with E-state index in [9.17, 15) is 0 Å². The molecule has 1 saturated carbocycles. The van der Waals surface area contributed by atoms with Crippen LogP contribution in [0.1, 0.15) is 43.2 Å². The summed E-state index contributed by atoms with van der Waals surface area (Å²) in [7, 11) is 0. The lowest BCUT2D eigenvalue weighted by Crippen LogP contribution is -2.33. The largest absolute Gasteiger partial charge is 0.353 e. The molecule has 0 unspecified atom stereocenters. The molecule has 124 valence electrons. The van der Waals surface area contributed by atoms with Crippen molar-refractivity contribution < 1.29 is 0 Å². The zero-order chi connectivity index (χ0) is 16.1. The van der Waals surface area contributed by atoms with E-state index < -0.39 is 0 Å². The number of aromatic nitrogens is 2. The number of benzene rings is 1. The van der Waals surface area contributed by atoms with E-state index >= 15 is 0 Å². The Balaban J connectivity index is 1.77. The first-order valence-electron chi connectivity index (χ1n) is 8.45. The molecule has 3 N–H and O–H groups in total. The van der Waals surface area contributed by atoms with Crippen LogP contribution in [0.4, 0.5) is 5.95 Å². The van der Waals surface area contributed by atoms with Crippen molar-refractivity contribution in [2.45, 2.75) is 64.1 Å². The second-order valence-electron chi connectivity index (χ2n) is 6.88. The van der Waals surface area contributed by atoms with Crippen LogP contribution >= 0.6 is 31.9 Å². The number of anilines is 1. The van der Waals surface area contributed by atoms with Gasteiger partial charge in [-0.3, -0.25) is 0 Å². The molecule has 4 rings (SSSR count). The first kappa shape index (κ1) is 15.9. The second kappa shape index (κ2) is 6.05. The van der Waals surface area contributed by atoms with Crippen molar-refractivity contribution in [3.8, 4) is 0 Å². The van der Waals surface area contributed by atoms with Crippen LogP contribution in [0.3, 0.4) is 0 Å². The van der Waals surface area contributed by atoms with E-state index in [2.05, 4.69) is 48.7 Å². The number of hydrogen-bond acceptors (Lipinski definition) is 3. The molecule has 0 radical (unpaired) electrons. The number of nitrogens with one attached hydrogen (secondary N) is 1. The highest BCUT2D eigenvalue weighted by molar-refractivity contribution is 9.13. The molecule has 6 heteroatoms. The highest BCUT2D eigenvalue weighted by Crippen LogP contribution is 2.41. The van der Waals surface area contributed by atoms with Gasteiger partial charge in [0.25, 0.3) is 0 Å². The quantitative estimate of drug-likeness (QED) is 0.721. The van der Waals surface area contributed by atoms with E-state index in [1.54, 1.807) is 0 Å². The number of rotatable bonds is 2. The van der Waals surface area contributed by atoms with Crippen molar-refractivity contribution in [1.29, 1.82) is 0 Å². The monoisotopic (exact) mass is 440 g/mol. The first-order valence-corrected chi connectivity index (χ1v) is 10.0. The summed E-state index contributed by atoms with van der Waals surface area (Å²) in [6.07, 6.45) is 6.78. The molecule has 1 aromatic carbocycles. The number of halogens is 2. The molecule has 2 aliphatic rings. The van der Waals surface area contributed by atoms with Crippen LogP contribution in [-0.4, -0.2) is 21.6 Å². The van der Waals surface area contributed by atoms with Gasteiger partial charge in [-0.1, -0.05) is 0 Å². The fraction of sp³-hybridized carbons (Fsp3) is 0.588. The molecule has 4 nitrogen and oxygen atoms in total. The number of nitrogens with two attached hydrogens (primary N) is 1. The lowest BCUT2D eigenvalue weighted by Gasteiger charge is -2.28. The molecular formula is C17H22Br2N4. The molecule has 23 heavy (non-hydrogen) atoms. The number of aryl methyl sites for hydroxylation is 3. The van der Waals surface area contributed by atoms with Crippen molar-refractivity contribution >= 4 is 48.8 Å². The summed E-state index contributed by atoms with van der Waals surface area (Å²) in [4.78, 5) is 4.97. The fourth-order valence-corrected chi connectivity index (χ4v) is 5.05. The minimum absolute atomic E-state index is 0.381. The first-order chi connectivity index (χ1) is 11.1. The minimum Gasteiger partial charge on any atom is -0.353 e. The molecule has 0 atom stereocenters. The van der Waals surface area contributed by atoms with E-state index in [0.717, 1.165) is 61.0 Å². The molecule has 0 bridgehead atoms. The van der Waals surface area contributed by atoms with Gasteiger partial charge in [0.05, 0.1) is 11.0 Å². The summed E-state index contributed by atoms with van der Waals surface area (Å²) >= 11 is 7.50. The lowest BCUT2D eigenvalue weighted by atomic mass is 9.92. The van der Waals surface area contributed by atoms with E-state index in [1.165, 1.54) is 21.1 Å². The summed E-state index contributed by atoms with van der Waals surface area (Å²) in [5, 5.41) is 3.70. The van der Waals surface area contributed by atoms with Crippen molar-refractivity contribution in [3.63, 3.8) is 0 Å². The standard InChI is InChI=1S/C17H22Br2N4/c1-9-13(18)14(19)12-3-2-8-23-16(12)15(9)22-17(23)21-11-6-4-10(20)5-7-11/h10-11H,2-8,20H2,1H3,(H,21,22). The van der Waals surface area contributed by atoms with Gasteiger partial charge in [-0.05, 0) is 88.4 Å². The Morgan fingerprint density at radius 3 is 2.65 bits per heavy atom. The predicted octanol–water partition coefficient (Wildman–Crippen LogP) is 4.50. The van der Waals surface area contributed by atoms with Gasteiger partial charge in [0.1, 0.15) is 0 Å². The predicted molar refractivity (Wildman–Crippen MR) is 102 cm³/mol. The zero-order valence-electron chi connectivity index (χ0n) is 13.3. The van der Waals surface area contributed by atoms with Crippen LogP contribution in [0, 0.1) is 6.92 Å². The number of hydrogen-bond donors (Lipinski definition) is 2. The SMILES string of the molecule is Cc1c(Br)c(Br)c2c3c1nc(NC1CCC(N)CC1)n3CCC2. The number of imidazole rings is 1. The summed E-state index contributed by atoms with van der Waals surface area (Å²) in [6, 6.07) is 0.881. The van der Waals surface area contributed by atoms with Crippen LogP contribution in [0.15, 0.2) is 8.95 Å². The molecule has 0 saturated heterocycles. The Hall–Kier alpha value is -0.590. The van der Waals surface area contributed by atoms with Crippen molar-refractivity contribution in [2.24, 2.45) is 5.73 Å². The van der Waals surface area contributed by atoms with Crippen LogP contribution in [0.5, 0.6) is 0 Å². The Bertz CT molecular complexity index is 760. The third kappa shape index (κ3) is 2.63. The van der Waals surface area contributed by atoms with E-state index in [-0.39, 0.29) is 0 Å². The molecule has 2 heterocycles. The van der Waals surface area contributed by atoms with Crippen LogP contribution < -0.4 is 11.1 Å². The maximum Gasteiger partial charge on any atom is 0.204 e. The average Bonchev–Trinajstić information content (AvgIpc) is 2.93. The Morgan fingerprint density at radius 2 is 1.91 bits per heavy atom. The molecule has 0 amide bonds. The average molecular weight is 442 g/mol. The van der Waals surface area contributed by atoms with Crippen LogP contribution in [0.25, 0.3) is 11.0 Å². The Morgan fingerprint density at radius 1 is 1.17 bits per heavy atom. The van der Waals surface area contributed by atoms with E-state index in [4.69, 9.17) is 10.7 Å². The molecule has 1 aliphatic carbocycles. The highest BCUT2D eigenvalue weighted by atomic mass is 79.9. The van der Waals surface area contributed by atoms with Crippen molar-refractivity contribution in [2.75, 3.05) is 5.32 Å². The summed E-state index contributed by atoms with van der Waals surface area (Å²) in [5.74, 6) is 1.04. The molecule has 1 aliphatic heterocycles. The molecule has 2 aromatic rings. The Labute approximate surface area is 153 Å². The molecule has 1 aromatic heterocycles. The van der Waals surface area contributed by atoms with Crippen molar-refractivity contribution in [1.82, 2.24) is 9.55 Å². The van der Waals surface area contributed by atoms with Gasteiger partial charge >= 0.3 is 0 Å². The normalized spacial score (nSPS) is 24.2. The van der Waals surface area contributed by atoms with Gasteiger partial charge in [-0.25, -0.2) is 4.98 Å². The summed E-state index contributed by atoms with van der Waals surface area (Å²) in [5.41, 5.74) is 11.1.